The zero-order valence-electron chi connectivity index (χ0n) is 8.59. The molecule has 0 unspecified atom stereocenters. The Bertz CT molecular complexity index is 673. The van der Waals surface area contributed by atoms with Gasteiger partial charge in [0.15, 0.2) is 0 Å². The number of nitrogens with two attached hydrogens (primary N) is 1. The van der Waals surface area contributed by atoms with Crippen molar-refractivity contribution in [2.45, 2.75) is 4.90 Å². The van der Waals surface area contributed by atoms with Gasteiger partial charge in [0, 0.05) is 11.5 Å². The van der Waals surface area contributed by atoms with Gasteiger partial charge in [0.05, 0.1) is 21.9 Å². The zero-order chi connectivity index (χ0) is 13.3. The molecule has 0 bridgehead atoms. The molecule has 0 saturated heterocycles. The summed E-state index contributed by atoms with van der Waals surface area (Å²) in [4.78, 5) is -0.153. The largest absolute Gasteiger partial charge is 0.396 e. The van der Waals surface area contributed by atoms with Crippen LogP contribution in [-0.4, -0.2) is 18.0 Å². The lowest BCUT2D eigenvalue weighted by atomic mass is 10.3. The molecular formula is C8H6Cl2N4O2S2. The monoisotopic (exact) mass is 324 g/mol. The number of nitrogens with zero attached hydrogens (tertiary/aromatic N) is 2. The molecule has 2 rings (SSSR count). The third kappa shape index (κ3) is 2.51. The Morgan fingerprint density at radius 3 is 2.67 bits per heavy atom. The SMILES string of the molecule is Nc1c(Cl)ccc(S(=O)(=O)Nc2cnns2)c1Cl. The van der Waals surface area contributed by atoms with Crippen LogP contribution in [0.5, 0.6) is 0 Å². The van der Waals surface area contributed by atoms with Crippen LogP contribution in [0.25, 0.3) is 0 Å². The van der Waals surface area contributed by atoms with E-state index in [0.717, 1.165) is 11.5 Å². The van der Waals surface area contributed by atoms with E-state index in [-0.39, 0.29) is 25.6 Å². The van der Waals surface area contributed by atoms with E-state index in [2.05, 4.69) is 14.3 Å². The average Bonchev–Trinajstić information content (AvgIpc) is 2.77. The van der Waals surface area contributed by atoms with E-state index in [1.165, 1.54) is 18.3 Å². The van der Waals surface area contributed by atoms with Crippen LogP contribution < -0.4 is 10.5 Å². The van der Waals surface area contributed by atoms with Crippen LogP contribution in [0, 0.1) is 0 Å². The Morgan fingerprint density at radius 2 is 2.06 bits per heavy atom. The van der Waals surface area contributed by atoms with E-state index in [4.69, 9.17) is 28.9 Å². The average molecular weight is 325 g/mol. The van der Waals surface area contributed by atoms with Gasteiger partial charge in [0.1, 0.15) is 9.90 Å². The molecule has 6 nitrogen and oxygen atoms in total. The summed E-state index contributed by atoms with van der Waals surface area (Å²) in [5, 5.41) is 3.87. The summed E-state index contributed by atoms with van der Waals surface area (Å²) in [5.74, 6) is 0. The highest BCUT2D eigenvalue weighted by Gasteiger charge is 2.21. The number of benzene rings is 1. The van der Waals surface area contributed by atoms with Crippen molar-refractivity contribution in [3.8, 4) is 0 Å². The first kappa shape index (κ1) is 13.3. The van der Waals surface area contributed by atoms with Crippen molar-refractivity contribution in [3.05, 3.63) is 28.4 Å². The number of sulfonamides is 1. The summed E-state index contributed by atoms with van der Waals surface area (Å²) < 4.78 is 29.9. The third-order valence-corrected chi connectivity index (χ3v) is 4.94. The summed E-state index contributed by atoms with van der Waals surface area (Å²) in [6, 6.07) is 2.64. The molecular weight excluding hydrogens is 319 g/mol. The number of aromatic nitrogens is 2. The van der Waals surface area contributed by atoms with Gasteiger partial charge in [-0.2, -0.15) is 0 Å². The van der Waals surface area contributed by atoms with E-state index in [1.54, 1.807) is 0 Å². The third-order valence-electron chi connectivity index (χ3n) is 1.98. The number of nitrogen functional groups attached to an aromatic ring is 1. The van der Waals surface area contributed by atoms with Gasteiger partial charge in [0.25, 0.3) is 10.0 Å². The quantitative estimate of drug-likeness (QED) is 0.843. The minimum Gasteiger partial charge on any atom is -0.396 e. The molecule has 96 valence electrons. The number of rotatable bonds is 3. The van der Waals surface area contributed by atoms with Crippen molar-refractivity contribution in [1.29, 1.82) is 0 Å². The predicted octanol–water partition coefficient (Wildman–Crippen LogP) is 2.23. The maximum atomic E-state index is 12.0. The van der Waals surface area contributed by atoms with Crippen molar-refractivity contribution in [2.24, 2.45) is 0 Å². The maximum absolute atomic E-state index is 12.0. The molecule has 1 aromatic carbocycles. The fourth-order valence-electron chi connectivity index (χ4n) is 1.16. The normalized spacial score (nSPS) is 11.4. The Labute approximate surface area is 117 Å². The Balaban J connectivity index is 2.45. The minimum absolute atomic E-state index is 0.0173. The lowest BCUT2D eigenvalue weighted by Gasteiger charge is -2.09. The van der Waals surface area contributed by atoms with Crippen LogP contribution in [-0.2, 0) is 10.0 Å². The molecule has 3 N–H and O–H groups in total. The molecule has 0 aliphatic rings. The van der Waals surface area contributed by atoms with Crippen LogP contribution >= 0.6 is 34.7 Å². The fraction of sp³-hybridized carbons (Fsp3) is 0. The van der Waals surface area contributed by atoms with Crippen LogP contribution in [0.4, 0.5) is 10.7 Å². The summed E-state index contributed by atoms with van der Waals surface area (Å²) in [5.41, 5.74) is 5.59. The van der Waals surface area contributed by atoms with Crippen molar-refractivity contribution in [1.82, 2.24) is 9.59 Å². The molecule has 0 aliphatic carbocycles. The molecule has 2 aromatic rings. The minimum atomic E-state index is -3.84. The van der Waals surface area contributed by atoms with Gasteiger partial charge in [0.2, 0.25) is 0 Å². The first-order valence-electron chi connectivity index (χ1n) is 4.45. The van der Waals surface area contributed by atoms with Crippen LogP contribution in [0.1, 0.15) is 0 Å². The van der Waals surface area contributed by atoms with Crippen molar-refractivity contribution < 1.29 is 8.42 Å². The summed E-state index contributed by atoms with van der Waals surface area (Å²) in [7, 11) is -3.84. The van der Waals surface area contributed by atoms with Crippen molar-refractivity contribution >= 4 is 55.4 Å². The van der Waals surface area contributed by atoms with Crippen LogP contribution in [0.2, 0.25) is 10.0 Å². The second kappa shape index (κ2) is 4.88. The molecule has 1 heterocycles. The lowest BCUT2D eigenvalue weighted by Crippen LogP contribution is -2.13. The predicted molar refractivity (Wildman–Crippen MR) is 71.6 cm³/mol. The highest BCUT2D eigenvalue weighted by Crippen LogP contribution is 2.33. The summed E-state index contributed by atoms with van der Waals surface area (Å²) in [6.45, 7) is 0. The molecule has 0 aliphatic heterocycles. The van der Waals surface area contributed by atoms with Gasteiger partial charge in [-0.25, -0.2) is 8.42 Å². The number of halogens is 2. The molecule has 0 spiro atoms. The standard InChI is InChI=1S/C8H6Cl2N4O2S2/c9-4-1-2-5(7(10)8(4)11)18(15,16)13-6-3-12-14-17-6/h1-3,13H,11H2. The highest BCUT2D eigenvalue weighted by molar-refractivity contribution is 7.93. The van der Waals surface area contributed by atoms with E-state index in [0.29, 0.717) is 0 Å². The molecule has 0 atom stereocenters. The van der Waals surface area contributed by atoms with E-state index < -0.39 is 10.0 Å². The van der Waals surface area contributed by atoms with E-state index in [9.17, 15) is 8.42 Å². The molecule has 0 amide bonds. The Hall–Kier alpha value is -1.09. The maximum Gasteiger partial charge on any atom is 0.264 e. The molecule has 0 fully saturated rings. The van der Waals surface area contributed by atoms with Gasteiger partial charge in [-0.05, 0) is 12.1 Å². The van der Waals surface area contributed by atoms with E-state index in [1.807, 2.05) is 0 Å². The molecule has 10 heteroatoms. The summed E-state index contributed by atoms with van der Waals surface area (Å²) >= 11 is 12.5. The fourth-order valence-corrected chi connectivity index (χ4v) is 3.61. The number of nitrogens with one attached hydrogen (secondary N) is 1. The van der Waals surface area contributed by atoms with Crippen molar-refractivity contribution in [2.75, 3.05) is 10.5 Å². The number of hydrogen-bond donors (Lipinski definition) is 2. The van der Waals surface area contributed by atoms with Crippen molar-refractivity contribution in [3.63, 3.8) is 0 Å². The molecule has 0 saturated carbocycles. The molecule has 18 heavy (non-hydrogen) atoms. The second-order valence-electron chi connectivity index (χ2n) is 3.16. The Morgan fingerprint density at radius 1 is 1.33 bits per heavy atom. The topological polar surface area (TPSA) is 98.0 Å². The molecule has 1 aromatic heterocycles. The first-order valence-corrected chi connectivity index (χ1v) is 7.46. The summed E-state index contributed by atoms with van der Waals surface area (Å²) in [6.07, 6.45) is 1.29. The second-order valence-corrected chi connectivity index (χ2v) is 6.38. The van der Waals surface area contributed by atoms with Gasteiger partial charge in [-0.3, -0.25) is 4.72 Å². The van der Waals surface area contributed by atoms with E-state index >= 15 is 0 Å². The van der Waals surface area contributed by atoms with Crippen LogP contribution in [0.15, 0.2) is 23.2 Å². The zero-order valence-corrected chi connectivity index (χ0v) is 11.7. The molecule has 0 radical (unpaired) electrons. The highest BCUT2D eigenvalue weighted by atomic mass is 35.5. The number of anilines is 2. The Kier molecular flexibility index (Phi) is 3.62. The van der Waals surface area contributed by atoms with Gasteiger partial charge >= 0.3 is 0 Å². The number of hydrogen-bond acceptors (Lipinski definition) is 6. The van der Waals surface area contributed by atoms with Crippen LogP contribution in [0.3, 0.4) is 0 Å². The van der Waals surface area contributed by atoms with Gasteiger partial charge in [-0.15, -0.1) is 5.10 Å². The lowest BCUT2D eigenvalue weighted by molar-refractivity contribution is 0.601. The smallest absolute Gasteiger partial charge is 0.264 e. The first-order chi connectivity index (χ1) is 8.42. The van der Waals surface area contributed by atoms with Gasteiger partial charge in [-0.1, -0.05) is 27.7 Å². The van der Waals surface area contributed by atoms with Gasteiger partial charge < -0.3 is 5.73 Å².